The van der Waals surface area contributed by atoms with Gasteiger partial charge in [0.15, 0.2) is 0 Å². The first-order valence-corrected chi connectivity index (χ1v) is 5.71. The third-order valence-corrected chi connectivity index (χ3v) is 2.62. The minimum atomic E-state index is -0.949. The van der Waals surface area contributed by atoms with E-state index in [0.29, 0.717) is 11.3 Å². The van der Waals surface area contributed by atoms with Gasteiger partial charge in [0.2, 0.25) is 0 Å². The molecule has 1 aromatic rings. The molecule has 1 aromatic carbocycles. The number of hydrogen-bond acceptors (Lipinski definition) is 4. The quantitative estimate of drug-likeness (QED) is 0.705. The first-order chi connectivity index (χ1) is 8.45. The first-order valence-electron chi connectivity index (χ1n) is 5.71. The van der Waals surface area contributed by atoms with Crippen LogP contribution in [0.2, 0.25) is 0 Å². The number of hydrogen-bond donors (Lipinski definition) is 3. The van der Waals surface area contributed by atoms with Crippen LogP contribution in [0.1, 0.15) is 22.8 Å². The molecule has 1 rings (SSSR count). The number of aryl methyl sites for hydroxylation is 2. The Labute approximate surface area is 106 Å². The zero-order valence-electron chi connectivity index (χ0n) is 10.9. The smallest absolute Gasteiger partial charge is 0.317 e. The molecule has 0 aromatic heterocycles. The van der Waals surface area contributed by atoms with E-state index >= 15 is 0 Å². The van der Waals surface area contributed by atoms with Crippen molar-refractivity contribution in [2.24, 2.45) is 0 Å². The zero-order valence-corrected chi connectivity index (χ0v) is 10.9. The van der Waals surface area contributed by atoms with Gasteiger partial charge in [-0.1, -0.05) is 11.6 Å². The molecule has 0 saturated heterocycles. The molecule has 0 aliphatic carbocycles. The van der Waals surface area contributed by atoms with E-state index in [1.54, 1.807) is 7.11 Å². The molecule has 0 bridgehead atoms. The monoisotopic (exact) mass is 253 g/mol. The second kappa shape index (κ2) is 6.37. The average Bonchev–Trinajstić information content (AvgIpc) is 2.27. The van der Waals surface area contributed by atoms with Crippen LogP contribution < -0.4 is 10.1 Å². The van der Waals surface area contributed by atoms with Crippen LogP contribution in [0.4, 0.5) is 0 Å². The first kappa shape index (κ1) is 14.5. The number of carbonyl (C=O) groups is 1. The Morgan fingerprint density at radius 1 is 1.44 bits per heavy atom. The van der Waals surface area contributed by atoms with Crippen molar-refractivity contribution in [3.05, 3.63) is 28.8 Å². The normalized spacial score (nSPS) is 12.2. The van der Waals surface area contributed by atoms with Gasteiger partial charge in [-0.3, -0.25) is 4.79 Å². The van der Waals surface area contributed by atoms with Crippen molar-refractivity contribution < 1.29 is 19.7 Å². The molecule has 1 atom stereocenters. The van der Waals surface area contributed by atoms with Crippen LogP contribution in [-0.2, 0) is 4.79 Å². The van der Waals surface area contributed by atoms with E-state index in [9.17, 15) is 9.90 Å². The summed E-state index contributed by atoms with van der Waals surface area (Å²) in [4.78, 5) is 10.4. The second-order valence-electron chi connectivity index (χ2n) is 4.24. The predicted octanol–water partition coefficient (Wildman–Crippen LogP) is 1.02. The predicted molar refractivity (Wildman–Crippen MR) is 67.9 cm³/mol. The van der Waals surface area contributed by atoms with E-state index in [1.165, 1.54) is 0 Å². The highest BCUT2D eigenvalue weighted by atomic mass is 16.5. The number of methoxy groups -OCH3 is 1. The van der Waals surface area contributed by atoms with Gasteiger partial charge in [-0.05, 0) is 25.5 Å². The highest BCUT2D eigenvalue weighted by molar-refractivity contribution is 5.69. The molecule has 0 heterocycles. The van der Waals surface area contributed by atoms with Gasteiger partial charge in [0, 0.05) is 12.1 Å². The summed E-state index contributed by atoms with van der Waals surface area (Å²) in [6, 6.07) is 3.82. The van der Waals surface area contributed by atoms with E-state index in [2.05, 4.69) is 5.32 Å². The number of ether oxygens (including phenoxy) is 1. The Bertz CT molecular complexity index is 431. The topological polar surface area (TPSA) is 78.8 Å². The molecule has 0 aliphatic rings. The molecule has 0 saturated carbocycles. The second-order valence-corrected chi connectivity index (χ2v) is 4.24. The molecule has 0 amide bonds. The molecule has 18 heavy (non-hydrogen) atoms. The fourth-order valence-corrected chi connectivity index (χ4v) is 1.94. The van der Waals surface area contributed by atoms with Crippen LogP contribution in [0.15, 0.2) is 12.1 Å². The Hall–Kier alpha value is -1.59. The molecule has 5 nitrogen and oxygen atoms in total. The maximum Gasteiger partial charge on any atom is 0.317 e. The molecule has 5 heteroatoms. The van der Waals surface area contributed by atoms with Crippen molar-refractivity contribution in [1.29, 1.82) is 0 Å². The molecule has 3 N–H and O–H groups in total. The largest absolute Gasteiger partial charge is 0.496 e. The van der Waals surface area contributed by atoms with Gasteiger partial charge in [0.05, 0.1) is 19.8 Å². The molecule has 0 radical (unpaired) electrons. The SMILES string of the molecule is COc1c(C)cc(C)cc1C(O)CNCC(=O)O. The number of aliphatic hydroxyl groups is 1. The number of carboxylic acids is 1. The number of benzene rings is 1. The van der Waals surface area contributed by atoms with Crippen LogP contribution in [0, 0.1) is 13.8 Å². The Kier molecular flexibility index (Phi) is 5.12. The van der Waals surface area contributed by atoms with Crippen molar-refractivity contribution in [1.82, 2.24) is 5.32 Å². The van der Waals surface area contributed by atoms with Crippen molar-refractivity contribution in [2.45, 2.75) is 20.0 Å². The van der Waals surface area contributed by atoms with Crippen LogP contribution in [0.5, 0.6) is 5.75 Å². The third kappa shape index (κ3) is 3.72. The van der Waals surface area contributed by atoms with Gasteiger partial charge < -0.3 is 20.3 Å². The van der Waals surface area contributed by atoms with Crippen molar-refractivity contribution in [3.8, 4) is 5.75 Å². The highest BCUT2D eigenvalue weighted by Crippen LogP contribution is 2.29. The summed E-state index contributed by atoms with van der Waals surface area (Å²) in [6.07, 6.45) is -0.794. The van der Waals surface area contributed by atoms with Crippen LogP contribution in [0.3, 0.4) is 0 Å². The van der Waals surface area contributed by atoms with Gasteiger partial charge >= 0.3 is 5.97 Å². The Morgan fingerprint density at radius 3 is 2.67 bits per heavy atom. The summed E-state index contributed by atoms with van der Waals surface area (Å²) in [5.41, 5.74) is 2.65. The lowest BCUT2D eigenvalue weighted by Crippen LogP contribution is -2.27. The number of aliphatic carboxylic acids is 1. The average molecular weight is 253 g/mol. The van der Waals surface area contributed by atoms with Crippen LogP contribution in [0.25, 0.3) is 0 Å². The summed E-state index contributed by atoms with van der Waals surface area (Å²) < 4.78 is 5.28. The maximum absolute atomic E-state index is 10.4. The fraction of sp³-hybridized carbons (Fsp3) is 0.462. The number of nitrogens with one attached hydrogen (secondary N) is 1. The molecular weight excluding hydrogens is 234 g/mol. The van der Waals surface area contributed by atoms with E-state index in [-0.39, 0.29) is 13.1 Å². The summed E-state index contributed by atoms with van der Waals surface area (Å²) in [5, 5.41) is 21.2. The lowest BCUT2D eigenvalue weighted by Gasteiger charge is -2.17. The van der Waals surface area contributed by atoms with Crippen molar-refractivity contribution >= 4 is 5.97 Å². The lowest BCUT2D eigenvalue weighted by atomic mass is 10.0. The van der Waals surface area contributed by atoms with E-state index < -0.39 is 12.1 Å². The minimum Gasteiger partial charge on any atom is -0.496 e. The standard InChI is InChI=1S/C13H19NO4/c1-8-4-9(2)13(18-3)10(5-8)11(15)6-14-7-12(16)17/h4-5,11,14-15H,6-7H2,1-3H3,(H,16,17). The van der Waals surface area contributed by atoms with Crippen LogP contribution in [-0.4, -0.2) is 36.4 Å². The Morgan fingerprint density at radius 2 is 2.11 bits per heavy atom. The number of aliphatic hydroxyl groups excluding tert-OH is 1. The number of carboxylic acid groups (broad SMARTS) is 1. The summed E-state index contributed by atoms with van der Waals surface area (Å²) in [5.74, 6) is -0.306. The molecule has 100 valence electrons. The van der Waals surface area contributed by atoms with Gasteiger partial charge in [0.1, 0.15) is 5.75 Å². The van der Waals surface area contributed by atoms with Gasteiger partial charge in [-0.15, -0.1) is 0 Å². The fourth-order valence-electron chi connectivity index (χ4n) is 1.94. The van der Waals surface area contributed by atoms with Gasteiger partial charge in [-0.2, -0.15) is 0 Å². The lowest BCUT2D eigenvalue weighted by molar-refractivity contribution is -0.136. The van der Waals surface area contributed by atoms with E-state index in [1.807, 2.05) is 26.0 Å². The highest BCUT2D eigenvalue weighted by Gasteiger charge is 2.15. The molecular formula is C13H19NO4. The third-order valence-electron chi connectivity index (χ3n) is 2.62. The van der Waals surface area contributed by atoms with Gasteiger partial charge in [-0.25, -0.2) is 0 Å². The maximum atomic E-state index is 10.4. The molecule has 0 fully saturated rings. The summed E-state index contributed by atoms with van der Waals surface area (Å²) in [6.45, 7) is 3.84. The zero-order chi connectivity index (χ0) is 13.7. The van der Waals surface area contributed by atoms with Crippen molar-refractivity contribution in [3.63, 3.8) is 0 Å². The summed E-state index contributed by atoms with van der Waals surface area (Å²) in [7, 11) is 1.55. The molecule has 0 spiro atoms. The van der Waals surface area contributed by atoms with Crippen molar-refractivity contribution in [2.75, 3.05) is 20.2 Å². The van der Waals surface area contributed by atoms with Gasteiger partial charge in [0.25, 0.3) is 0 Å². The summed E-state index contributed by atoms with van der Waals surface area (Å²) >= 11 is 0. The Balaban J connectivity index is 2.83. The van der Waals surface area contributed by atoms with Crippen LogP contribution >= 0.6 is 0 Å². The minimum absolute atomic E-state index is 0.172. The van der Waals surface area contributed by atoms with E-state index in [0.717, 1.165) is 11.1 Å². The molecule has 0 aliphatic heterocycles. The molecule has 1 unspecified atom stereocenters. The number of rotatable bonds is 6. The van der Waals surface area contributed by atoms with E-state index in [4.69, 9.17) is 9.84 Å².